The molecule has 0 aromatic carbocycles. The minimum absolute atomic E-state index is 0.119. The molecule has 0 heterocycles. The highest BCUT2D eigenvalue weighted by Gasteiger charge is 2.37. The number of hydrogen-bond acceptors (Lipinski definition) is 4. The van der Waals surface area contributed by atoms with Gasteiger partial charge < -0.3 is 19.6 Å². The molecule has 0 fully saturated rings. The summed E-state index contributed by atoms with van der Waals surface area (Å²) in [5, 5.41) is 11.7. The zero-order valence-electron chi connectivity index (χ0n) is 15.8. The van der Waals surface area contributed by atoms with E-state index >= 15 is 0 Å². The normalized spacial score (nSPS) is 14.3. The molecule has 7 heteroatoms. The van der Waals surface area contributed by atoms with E-state index in [2.05, 4.69) is 39.2 Å². The third kappa shape index (κ3) is 8.95. The van der Waals surface area contributed by atoms with Gasteiger partial charge in [-0.25, -0.2) is 9.59 Å². The third-order valence-corrected chi connectivity index (χ3v) is 8.43. The maximum absolute atomic E-state index is 11.7. The van der Waals surface area contributed by atoms with Crippen molar-refractivity contribution < 1.29 is 23.9 Å². The van der Waals surface area contributed by atoms with Crippen molar-refractivity contribution in [3.05, 3.63) is 0 Å². The summed E-state index contributed by atoms with van der Waals surface area (Å²) >= 11 is 0. The van der Waals surface area contributed by atoms with Crippen molar-refractivity contribution >= 4 is 20.4 Å². The molecular weight excluding hydrogens is 314 g/mol. The lowest BCUT2D eigenvalue weighted by molar-refractivity contribution is -0.139. The van der Waals surface area contributed by atoms with Gasteiger partial charge in [0.15, 0.2) is 8.32 Å². The Hall–Kier alpha value is -1.08. The molecule has 0 aliphatic heterocycles. The Kier molecular flexibility index (Phi) is 7.76. The number of alkyl carbamates (subject to hydrolysis) is 1. The molecule has 1 atom stereocenters. The van der Waals surface area contributed by atoms with E-state index in [4.69, 9.17) is 9.16 Å². The standard InChI is InChI=1S/C16H33NO5Si/c1-15(2,3)22-14(20)17-12(13(18)19)10-9-11-21-23(7,8)16(4,5)6/h12H,9-11H2,1-8H3,(H,17,20)(H,18,19)/t12-/m0/s1. The van der Waals surface area contributed by atoms with Crippen LogP contribution >= 0.6 is 0 Å². The first kappa shape index (κ1) is 21.9. The molecule has 0 bridgehead atoms. The topological polar surface area (TPSA) is 84.9 Å². The minimum atomic E-state index is -1.83. The fraction of sp³-hybridized carbons (Fsp3) is 0.875. The summed E-state index contributed by atoms with van der Waals surface area (Å²) in [5.74, 6) is -1.07. The van der Waals surface area contributed by atoms with E-state index in [0.29, 0.717) is 19.4 Å². The Bertz CT molecular complexity index is 410. The SMILES string of the molecule is CC(C)(C)OC(=O)N[C@@H](CCCO[Si](C)(C)C(C)(C)C)C(=O)O. The van der Waals surface area contributed by atoms with Gasteiger partial charge >= 0.3 is 12.1 Å². The van der Waals surface area contributed by atoms with Gasteiger partial charge in [0.05, 0.1) is 0 Å². The van der Waals surface area contributed by atoms with E-state index < -0.39 is 32.0 Å². The molecule has 0 aliphatic rings. The van der Waals surface area contributed by atoms with Crippen molar-refractivity contribution in [1.82, 2.24) is 5.32 Å². The van der Waals surface area contributed by atoms with Gasteiger partial charge in [-0.3, -0.25) is 0 Å². The average Bonchev–Trinajstić information content (AvgIpc) is 2.28. The van der Waals surface area contributed by atoms with Crippen molar-refractivity contribution in [3.8, 4) is 0 Å². The summed E-state index contributed by atoms with van der Waals surface area (Å²) in [6.45, 7) is 16.5. The van der Waals surface area contributed by atoms with Gasteiger partial charge in [0.2, 0.25) is 0 Å². The van der Waals surface area contributed by atoms with Crippen molar-refractivity contribution in [2.75, 3.05) is 6.61 Å². The number of aliphatic carboxylic acids is 1. The zero-order chi connectivity index (χ0) is 18.5. The molecule has 136 valence electrons. The van der Waals surface area contributed by atoms with Crippen molar-refractivity contribution in [1.29, 1.82) is 0 Å². The zero-order valence-corrected chi connectivity index (χ0v) is 16.8. The van der Waals surface area contributed by atoms with Gasteiger partial charge in [0.1, 0.15) is 11.6 Å². The predicted octanol–water partition coefficient (Wildman–Crippen LogP) is 3.77. The maximum atomic E-state index is 11.7. The van der Waals surface area contributed by atoms with E-state index in [1.807, 2.05) is 0 Å². The fourth-order valence-electron chi connectivity index (χ4n) is 1.54. The molecule has 0 radical (unpaired) electrons. The number of ether oxygens (including phenoxy) is 1. The summed E-state index contributed by atoms with van der Waals surface area (Å²) in [4.78, 5) is 22.9. The summed E-state index contributed by atoms with van der Waals surface area (Å²) in [6.07, 6.45) is 0.165. The fourth-order valence-corrected chi connectivity index (χ4v) is 2.63. The Labute approximate surface area is 141 Å². The van der Waals surface area contributed by atoms with E-state index in [0.717, 1.165) is 0 Å². The van der Waals surface area contributed by atoms with Crippen molar-refractivity contribution in [2.45, 2.75) is 84.2 Å². The predicted molar refractivity (Wildman–Crippen MR) is 93.2 cm³/mol. The molecule has 0 spiro atoms. The molecule has 23 heavy (non-hydrogen) atoms. The van der Waals surface area contributed by atoms with Gasteiger partial charge in [-0.1, -0.05) is 20.8 Å². The first-order valence-corrected chi connectivity index (χ1v) is 10.9. The molecule has 2 N–H and O–H groups in total. The monoisotopic (exact) mass is 347 g/mol. The van der Waals surface area contributed by atoms with Crippen LogP contribution in [0.3, 0.4) is 0 Å². The van der Waals surface area contributed by atoms with Crippen LogP contribution in [0.2, 0.25) is 18.1 Å². The molecule has 6 nitrogen and oxygen atoms in total. The minimum Gasteiger partial charge on any atom is -0.480 e. The average molecular weight is 348 g/mol. The van der Waals surface area contributed by atoms with E-state index in [-0.39, 0.29) is 5.04 Å². The number of carboxylic acid groups (broad SMARTS) is 1. The molecule has 0 aromatic rings. The largest absolute Gasteiger partial charge is 0.480 e. The highest BCUT2D eigenvalue weighted by molar-refractivity contribution is 6.74. The Balaban J connectivity index is 4.37. The number of hydrogen-bond donors (Lipinski definition) is 2. The van der Waals surface area contributed by atoms with Gasteiger partial charge in [0, 0.05) is 6.61 Å². The van der Waals surface area contributed by atoms with Crippen molar-refractivity contribution in [2.24, 2.45) is 0 Å². The smallest absolute Gasteiger partial charge is 0.408 e. The second-order valence-corrected chi connectivity index (χ2v) is 13.1. The van der Waals surface area contributed by atoms with Crippen LogP contribution in [-0.4, -0.2) is 43.7 Å². The van der Waals surface area contributed by atoms with Crippen molar-refractivity contribution in [3.63, 3.8) is 0 Å². The highest BCUT2D eigenvalue weighted by atomic mass is 28.4. The highest BCUT2D eigenvalue weighted by Crippen LogP contribution is 2.36. The van der Waals surface area contributed by atoms with Crippen LogP contribution in [0.4, 0.5) is 4.79 Å². The molecule has 0 aromatic heterocycles. The second kappa shape index (κ2) is 8.15. The summed E-state index contributed by atoms with van der Waals surface area (Å²) < 4.78 is 11.1. The van der Waals surface area contributed by atoms with Crippen LogP contribution in [0.15, 0.2) is 0 Å². The molecule has 0 rings (SSSR count). The molecule has 0 saturated heterocycles. The van der Waals surface area contributed by atoms with Gasteiger partial charge in [-0.2, -0.15) is 0 Å². The lowest BCUT2D eigenvalue weighted by Gasteiger charge is -2.36. The van der Waals surface area contributed by atoms with Crippen LogP contribution in [0.5, 0.6) is 0 Å². The summed E-state index contributed by atoms with van der Waals surface area (Å²) in [5.41, 5.74) is -0.654. The van der Waals surface area contributed by atoms with Crippen LogP contribution in [0, 0.1) is 0 Å². The molecule has 1 amide bonds. The van der Waals surface area contributed by atoms with E-state index in [1.54, 1.807) is 20.8 Å². The first-order chi connectivity index (χ1) is 10.2. The third-order valence-electron chi connectivity index (χ3n) is 3.90. The number of carbonyl (C=O) groups excluding carboxylic acids is 1. The van der Waals surface area contributed by atoms with Gasteiger partial charge in [-0.15, -0.1) is 0 Å². The number of amides is 1. The first-order valence-electron chi connectivity index (χ1n) is 8.02. The van der Waals surface area contributed by atoms with Crippen LogP contribution < -0.4 is 5.32 Å². The Morgan fingerprint density at radius 3 is 2.04 bits per heavy atom. The maximum Gasteiger partial charge on any atom is 0.408 e. The molecule has 0 aliphatic carbocycles. The summed E-state index contributed by atoms with van der Waals surface area (Å²) in [6, 6.07) is -0.965. The second-order valence-electron chi connectivity index (χ2n) is 8.29. The Morgan fingerprint density at radius 1 is 1.13 bits per heavy atom. The number of rotatable bonds is 7. The number of nitrogens with one attached hydrogen (secondary N) is 1. The quantitative estimate of drug-likeness (QED) is 0.541. The van der Waals surface area contributed by atoms with Gasteiger partial charge in [-0.05, 0) is 51.7 Å². The van der Waals surface area contributed by atoms with Gasteiger partial charge in [0.25, 0.3) is 0 Å². The van der Waals surface area contributed by atoms with E-state index in [1.165, 1.54) is 0 Å². The summed E-state index contributed by atoms with van der Waals surface area (Å²) in [7, 11) is -1.83. The van der Waals surface area contributed by atoms with Crippen LogP contribution in [0.1, 0.15) is 54.4 Å². The lowest BCUT2D eigenvalue weighted by atomic mass is 10.1. The molecule has 0 unspecified atom stereocenters. The van der Waals surface area contributed by atoms with E-state index in [9.17, 15) is 14.7 Å². The number of carbonyl (C=O) groups is 2. The Morgan fingerprint density at radius 2 is 1.65 bits per heavy atom. The molecular formula is C16H33NO5Si. The molecule has 0 saturated carbocycles. The van der Waals surface area contributed by atoms with Crippen LogP contribution in [0.25, 0.3) is 0 Å². The lowest BCUT2D eigenvalue weighted by Crippen LogP contribution is -2.44. The number of carboxylic acids is 1. The van der Waals surface area contributed by atoms with Crippen LogP contribution in [-0.2, 0) is 14.0 Å².